The van der Waals surface area contributed by atoms with E-state index in [4.69, 9.17) is 21.1 Å². The number of carbonyl (C=O) groups is 2. The molecule has 2 heterocycles. The molecular weight excluding hydrogens is 484 g/mol. The number of nitrogens with zero attached hydrogens (tertiary/aromatic N) is 1. The third kappa shape index (κ3) is 5.16. The van der Waals surface area contributed by atoms with E-state index in [1.807, 2.05) is 61.5 Å². The number of thioether (sulfide) groups is 1. The van der Waals surface area contributed by atoms with Gasteiger partial charge in [-0.15, -0.1) is 0 Å². The van der Waals surface area contributed by atoms with Gasteiger partial charge in [-0.1, -0.05) is 53.7 Å². The lowest BCUT2D eigenvalue weighted by Gasteiger charge is -2.30. The van der Waals surface area contributed by atoms with E-state index in [2.05, 4.69) is 5.32 Å². The summed E-state index contributed by atoms with van der Waals surface area (Å²) >= 11 is 7.51. The number of para-hydroxylation sites is 1. The van der Waals surface area contributed by atoms with Crippen molar-refractivity contribution in [3.63, 3.8) is 0 Å². The van der Waals surface area contributed by atoms with E-state index in [0.29, 0.717) is 40.3 Å². The van der Waals surface area contributed by atoms with Gasteiger partial charge in [0.1, 0.15) is 19.8 Å². The fourth-order valence-corrected chi connectivity index (χ4v) is 5.27. The maximum absolute atomic E-state index is 13.4. The first-order valence-electron chi connectivity index (χ1n) is 11.2. The van der Waals surface area contributed by atoms with Gasteiger partial charge in [-0.05, 0) is 60.5 Å². The quantitative estimate of drug-likeness (QED) is 0.465. The van der Waals surface area contributed by atoms with Crippen LogP contribution in [0.3, 0.4) is 0 Å². The molecule has 0 aromatic heterocycles. The topological polar surface area (TPSA) is 67.9 Å². The number of nitrogens with one attached hydrogen (secondary N) is 1. The van der Waals surface area contributed by atoms with Gasteiger partial charge in [0, 0.05) is 9.92 Å². The van der Waals surface area contributed by atoms with Gasteiger partial charge in [-0.25, -0.2) is 0 Å². The van der Waals surface area contributed by atoms with E-state index in [-0.39, 0.29) is 24.4 Å². The number of amides is 2. The lowest BCUT2D eigenvalue weighted by atomic mass is 10.1. The largest absolute Gasteiger partial charge is 0.486 e. The Morgan fingerprint density at radius 2 is 1.89 bits per heavy atom. The molecule has 8 heteroatoms. The highest BCUT2D eigenvalue weighted by Gasteiger charge is 2.31. The van der Waals surface area contributed by atoms with Gasteiger partial charge in [0.25, 0.3) is 5.91 Å². The standard InChI is InChI=1S/C27H23ClN2O4S/c1-17(19-9-10-22-23(15-19)34-12-11-33-22)29-26(31)16-30-21-7-2-3-8-24(21)35-25(27(30)32)14-18-5-4-6-20(28)13-18/h2-10,13-15,17H,11-12,16H2,1H3,(H,29,31)/b25-14-/t17-/m0/s1. The summed E-state index contributed by atoms with van der Waals surface area (Å²) in [5, 5.41) is 3.60. The highest BCUT2D eigenvalue weighted by atomic mass is 35.5. The first-order chi connectivity index (χ1) is 17.0. The minimum Gasteiger partial charge on any atom is -0.486 e. The van der Waals surface area contributed by atoms with E-state index >= 15 is 0 Å². The van der Waals surface area contributed by atoms with E-state index in [1.54, 1.807) is 18.2 Å². The number of hydrogen-bond acceptors (Lipinski definition) is 5. The van der Waals surface area contributed by atoms with Crippen LogP contribution in [0.4, 0.5) is 5.69 Å². The van der Waals surface area contributed by atoms with Crippen molar-refractivity contribution < 1.29 is 19.1 Å². The molecule has 2 aliphatic heterocycles. The highest BCUT2D eigenvalue weighted by Crippen LogP contribution is 2.42. The Bertz CT molecular complexity index is 1330. The van der Waals surface area contributed by atoms with Gasteiger partial charge < -0.3 is 14.8 Å². The van der Waals surface area contributed by atoms with Crippen LogP contribution < -0.4 is 19.7 Å². The maximum Gasteiger partial charge on any atom is 0.265 e. The first-order valence-corrected chi connectivity index (χ1v) is 12.4. The number of carbonyl (C=O) groups excluding carboxylic acids is 2. The van der Waals surface area contributed by atoms with Crippen molar-refractivity contribution in [2.75, 3.05) is 24.7 Å². The van der Waals surface area contributed by atoms with Gasteiger partial charge in [0.15, 0.2) is 11.5 Å². The van der Waals surface area contributed by atoms with E-state index in [0.717, 1.165) is 16.0 Å². The molecule has 0 radical (unpaired) electrons. The van der Waals surface area contributed by atoms with Gasteiger partial charge in [0.2, 0.25) is 5.91 Å². The van der Waals surface area contributed by atoms with Crippen molar-refractivity contribution in [3.8, 4) is 11.5 Å². The first kappa shape index (κ1) is 23.3. The molecule has 35 heavy (non-hydrogen) atoms. The molecule has 3 aromatic rings. The summed E-state index contributed by atoms with van der Waals surface area (Å²) in [7, 11) is 0. The average molecular weight is 507 g/mol. The number of rotatable bonds is 5. The van der Waals surface area contributed by atoms with Crippen LogP contribution in [0.1, 0.15) is 24.1 Å². The smallest absolute Gasteiger partial charge is 0.265 e. The molecule has 0 unspecified atom stereocenters. The Labute approximate surface area is 212 Å². The minimum absolute atomic E-state index is 0.0990. The molecule has 178 valence electrons. The number of ether oxygens (including phenoxy) is 2. The molecule has 0 saturated heterocycles. The van der Waals surface area contributed by atoms with Crippen molar-refractivity contribution in [1.82, 2.24) is 5.32 Å². The molecule has 2 aliphatic rings. The van der Waals surface area contributed by atoms with Crippen LogP contribution in [0.5, 0.6) is 11.5 Å². The predicted octanol–water partition coefficient (Wildman–Crippen LogP) is 5.47. The highest BCUT2D eigenvalue weighted by molar-refractivity contribution is 8.04. The number of fused-ring (bicyclic) bond motifs is 2. The molecule has 2 amide bonds. The summed E-state index contributed by atoms with van der Waals surface area (Å²) in [5.41, 5.74) is 2.43. The van der Waals surface area contributed by atoms with Crippen LogP contribution in [0.15, 0.2) is 76.5 Å². The van der Waals surface area contributed by atoms with E-state index in [1.165, 1.54) is 16.7 Å². The number of hydrogen-bond donors (Lipinski definition) is 1. The van der Waals surface area contributed by atoms with Gasteiger partial charge >= 0.3 is 0 Å². The summed E-state index contributed by atoms with van der Waals surface area (Å²) in [6.07, 6.45) is 1.80. The van der Waals surface area contributed by atoms with Crippen LogP contribution in [0.25, 0.3) is 6.08 Å². The fraction of sp³-hybridized carbons (Fsp3) is 0.185. The average Bonchev–Trinajstić information content (AvgIpc) is 2.86. The van der Waals surface area contributed by atoms with Crippen LogP contribution in [0.2, 0.25) is 5.02 Å². The second kappa shape index (κ2) is 10.1. The van der Waals surface area contributed by atoms with E-state index in [9.17, 15) is 9.59 Å². The molecule has 1 atom stereocenters. The summed E-state index contributed by atoms with van der Waals surface area (Å²) in [6, 6.07) is 20.3. The van der Waals surface area contributed by atoms with Gasteiger partial charge in [0.05, 0.1) is 16.6 Å². The van der Waals surface area contributed by atoms with Gasteiger partial charge in [-0.3, -0.25) is 14.5 Å². The van der Waals surface area contributed by atoms with E-state index < -0.39 is 0 Å². The normalized spacial score (nSPS) is 16.6. The van der Waals surface area contributed by atoms with Crippen LogP contribution in [-0.2, 0) is 9.59 Å². The number of benzene rings is 3. The molecule has 6 nitrogen and oxygen atoms in total. The zero-order valence-electron chi connectivity index (χ0n) is 19.0. The minimum atomic E-state index is -0.274. The van der Waals surface area contributed by atoms with Crippen LogP contribution in [0, 0.1) is 0 Å². The maximum atomic E-state index is 13.4. The summed E-state index contributed by atoms with van der Waals surface area (Å²) in [5.74, 6) is 0.883. The second-order valence-corrected chi connectivity index (χ2v) is 9.74. The molecular formula is C27H23ClN2O4S. The summed E-state index contributed by atoms with van der Waals surface area (Å²) in [6.45, 7) is 2.82. The van der Waals surface area contributed by atoms with Crippen molar-refractivity contribution >= 4 is 46.9 Å². The summed E-state index contributed by atoms with van der Waals surface area (Å²) in [4.78, 5) is 29.4. The van der Waals surface area contributed by atoms with Gasteiger partial charge in [-0.2, -0.15) is 0 Å². The van der Waals surface area contributed by atoms with Crippen LogP contribution >= 0.6 is 23.4 Å². The molecule has 0 bridgehead atoms. The van der Waals surface area contributed by atoms with Crippen molar-refractivity contribution in [1.29, 1.82) is 0 Å². The molecule has 0 saturated carbocycles. The SMILES string of the molecule is C[C@H](NC(=O)CN1C(=O)/C(=C/c2cccc(Cl)c2)Sc2ccccc21)c1ccc2c(c1)OCCO2. The van der Waals surface area contributed by atoms with Crippen molar-refractivity contribution in [2.24, 2.45) is 0 Å². The Morgan fingerprint density at radius 3 is 2.71 bits per heavy atom. The predicted molar refractivity (Wildman–Crippen MR) is 138 cm³/mol. The third-order valence-corrected chi connectivity index (χ3v) is 7.04. The number of halogens is 1. The van der Waals surface area contributed by atoms with Crippen LogP contribution in [-0.4, -0.2) is 31.6 Å². The second-order valence-electron chi connectivity index (χ2n) is 8.22. The zero-order chi connectivity index (χ0) is 24.4. The lowest BCUT2D eigenvalue weighted by molar-refractivity contribution is -0.122. The molecule has 1 N–H and O–H groups in total. The molecule has 5 rings (SSSR count). The van der Waals surface area contributed by atoms with Crippen molar-refractivity contribution in [2.45, 2.75) is 17.9 Å². The Balaban J connectivity index is 1.35. The van der Waals surface area contributed by atoms with Crippen molar-refractivity contribution in [3.05, 3.63) is 87.8 Å². The molecule has 0 fully saturated rings. The molecule has 0 spiro atoms. The Morgan fingerprint density at radius 1 is 1.09 bits per heavy atom. The summed E-state index contributed by atoms with van der Waals surface area (Å²) < 4.78 is 11.2. The number of anilines is 1. The zero-order valence-corrected chi connectivity index (χ0v) is 20.6. The molecule has 0 aliphatic carbocycles. The Kier molecular flexibility index (Phi) is 6.70. The monoisotopic (exact) mass is 506 g/mol. The Hall–Kier alpha value is -3.42. The lowest BCUT2D eigenvalue weighted by Crippen LogP contribution is -2.43. The fourth-order valence-electron chi connectivity index (χ4n) is 4.01. The molecule has 3 aromatic carbocycles. The third-order valence-electron chi connectivity index (χ3n) is 5.72.